The first-order valence-corrected chi connectivity index (χ1v) is 6.56. The summed E-state index contributed by atoms with van der Waals surface area (Å²) in [6, 6.07) is 0.268. The molecule has 1 aromatic rings. The minimum atomic E-state index is -4.09. The number of hydrogen-bond acceptors (Lipinski definition) is 3. The molecule has 0 radical (unpaired) electrons. The zero-order valence-electron chi connectivity index (χ0n) is 11.1. The molecule has 7 heteroatoms. The second-order valence-corrected chi connectivity index (χ2v) is 5.34. The van der Waals surface area contributed by atoms with Crippen LogP contribution in [0.25, 0.3) is 0 Å². The normalized spacial score (nSPS) is 24.9. The highest BCUT2D eigenvalue weighted by Gasteiger charge is 2.41. The van der Waals surface area contributed by atoms with Gasteiger partial charge in [-0.15, -0.1) is 0 Å². The molecule has 0 aromatic carbocycles. The van der Waals surface area contributed by atoms with Gasteiger partial charge in [0.2, 0.25) is 0 Å². The van der Waals surface area contributed by atoms with Crippen molar-refractivity contribution in [1.82, 2.24) is 20.1 Å². The van der Waals surface area contributed by atoms with E-state index in [2.05, 4.69) is 15.4 Å². The summed E-state index contributed by atoms with van der Waals surface area (Å²) in [6.07, 6.45) is -1.25. The number of nitrogens with one attached hydrogen (secondary N) is 1. The predicted molar refractivity (Wildman–Crippen MR) is 64.7 cm³/mol. The maximum atomic E-state index is 12.5. The average Bonchev–Trinajstić information content (AvgIpc) is 2.77. The van der Waals surface area contributed by atoms with E-state index in [0.717, 1.165) is 5.82 Å². The topological polar surface area (TPSA) is 42.7 Å². The van der Waals surface area contributed by atoms with Gasteiger partial charge < -0.3 is 5.32 Å². The monoisotopic (exact) mass is 276 g/mol. The van der Waals surface area contributed by atoms with E-state index in [1.54, 1.807) is 0 Å². The van der Waals surface area contributed by atoms with Crippen molar-refractivity contribution >= 4 is 0 Å². The Labute approximate surface area is 110 Å². The number of halogens is 3. The summed E-state index contributed by atoms with van der Waals surface area (Å²) in [6.45, 7) is 4.02. The van der Waals surface area contributed by atoms with E-state index < -0.39 is 12.1 Å². The van der Waals surface area contributed by atoms with Gasteiger partial charge in [-0.05, 0) is 26.7 Å². The molecule has 2 unspecified atom stereocenters. The van der Waals surface area contributed by atoms with Crippen LogP contribution in [-0.2, 0) is 6.42 Å². The van der Waals surface area contributed by atoms with Gasteiger partial charge in [-0.2, -0.15) is 18.3 Å². The van der Waals surface area contributed by atoms with E-state index in [1.165, 1.54) is 6.33 Å². The molecule has 19 heavy (non-hydrogen) atoms. The van der Waals surface area contributed by atoms with Crippen LogP contribution in [0.4, 0.5) is 13.2 Å². The number of alkyl halides is 3. The number of nitrogens with zero attached hydrogens (tertiary/aromatic N) is 3. The molecule has 4 nitrogen and oxygen atoms in total. The third kappa shape index (κ3) is 3.46. The molecule has 1 saturated heterocycles. The molecule has 0 amide bonds. The first kappa shape index (κ1) is 14.3. The van der Waals surface area contributed by atoms with Gasteiger partial charge in [-0.25, -0.2) is 9.67 Å². The fourth-order valence-electron chi connectivity index (χ4n) is 2.44. The van der Waals surface area contributed by atoms with E-state index >= 15 is 0 Å². The van der Waals surface area contributed by atoms with Gasteiger partial charge in [-0.3, -0.25) is 0 Å². The van der Waals surface area contributed by atoms with Crippen molar-refractivity contribution in [3.8, 4) is 0 Å². The van der Waals surface area contributed by atoms with Crippen molar-refractivity contribution in [2.45, 2.75) is 51.4 Å². The fourth-order valence-corrected chi connectivity index (χ4v) is 2.44. The van der Waals surface area contributed by atoms with Gasteiger partial charge in [-0.1, -0.05) is 0 Å². The summed E-state index contributed by atoms with van der Waals surface area (Å²) in [5, 5.41) is 7.11. The lowest BCUT2D eigenvalue weighted by Crippen LogP contribution is -2.45. The van der Waals surface area contributed by atoms with Crippen molar-refractivity contribution < 1.29 is 13.2 Å². The summed E-state index contributed by atoms with van der Waals surface area (Å²) in [7, 11) is 0. The van der Waals surface area contributed by atoms with Gasteiger partial charge in [0.25, 0.3) is 0 Å². The number of hydrogen-bond donors (Lipinski definition) is 1. The average molecular weight is 276 g/mol. The van der Waals surface area contributed by atoms with Crippen molar-refractivity contribution in [2.24, 2.45) is 5.92 Å². The van der Waals surface area contributed by atoms with Gasteiger partial charge in [0, 0.05) is 25.0 Å². The van der Waals surface area contributed by atoms with E-state index in [4.69, 9.17) is 0 Å². The lowest BCUT2D eigenvalue weighted by Gasteiger charge is -2.31. The van der Waals surface area contributed by atoms with Gasteiger partial charge in [0.15, 0.2) is 0 Å². The number of rotatable bonds is 3. The molecule has 2 atom stereocenters. The summed E-state index contributed by atoms with van der Waals surface area (Å²) in [5.74, 6) is -0.385. The van der Waals surface area contributed by atoms with Crippen LogP contribution < -0.4 is 5.32 Å². The van der Waals surface area contributed by atoms with Crippen LogP contribution in [0.1, 0.15) is 38.6 Å². The fraction of sp³-hybridized carbons (Fsp3) is 0.833. The summed E-state index contributed by atoms with van der Waals surface area (Å²) in [4.78, 5) is 4.19. The van der Waals surface area contributed by atoms with E-state index in [1.807, 2.05) is 18.5 Å². The molecule has 1 aliphatic heterocycles. The minimum absolute atomic E-state index is 0.00395. The highest BCUT2D eigenvalue weighted by Crippen LogP contribution is 2.32. The Morgan fingerprint density at radius 1 is 1.42 bits per heavy atom. The molecular weight excluding hydrogens is 257 g/mol. The third-order valence-corrected chi connectivity index (χ3v) is 3.54. The Morgan fingerprint density at radius 3 is 2.68 bits per heavy atom. The number of piperidine rings is 1. The molecule has 2 heterocycles. The lowest BCUT2D eigenvalue weighted by molar-refractivity contribution is -0.179. The molecule has 0 bridgehead atoms. The third-order valence-electron chi connectivity index (χ3n) is 3.54. The molecule has 0 aliphatic carbocycles. The maximum Gasteiger partial charge on any atom is 0.393 e. The molecule has 108 valence electrons. The Kier molecular flexibility index (Phi) is 4.13. The van der Waals surface area contributed by atoms with E-state index in [0.29, 0.717) is 12.8 Å². The lowest BCUT2D eigenvalue weighted by atomic mass is 9.92. The van der Waals surface area contributed by atoms with Crippen molar-refractivity contribution in [3.05, 3.63) is 12.2 Å². The molecule has 1 fully saturated rings. The number of aromatic nitrogens is 3. The van der Waals surface area contributed by atoms with Crippen molar-refractivity contribution in [1.29, 1.82) is 0 Å². The van der Waals surface area contributed by atoms with Gasteiger partial charge in [0.05, 0.1) is 5.92 Å². The van der Waals surface area contributed by atoms with Crippen LogP contribution in [0, 0.1) is 5.92 Å². The standard InChI is InChI=1S/C12H19F3N4/c1-8(2)19-11(17-7-18-19)5-10-4-3-9(6-16-10)12(13,14)15/h7-10,16H,3-6H2,1-2H3. The highest BCUT2D eigenvalue weighted by atomic mass is 19.4. The van der Waals surface area contributed by atoms with Crippen LogP contribution >= 0.6 is 0 Å². The molecule has 1 aromatic heterocycles. The Hall–Kier alpha value is -1.11. The smallest absolute Gasteiger partial charge is 0.313 e. The van der Waals surface area contributed by atoms with Crippen LogP contribution in [-0.4, -0.2) is 33.5 Å². The second kappa shape index (κ2) is 5.48. The van der Waals surface area contributed by atoms with Gasteiger partial charge >= 0.3 is 6.18 Å². The van der Waals surface area contributed by atoms with Crippen LogP contribution in [0.5, 0.6) is 0 Å². The van der Waals surface area contributed by atoms with Crippen LogP contribution in [0.3, 0.4) is 0 Å². The Bertz CT molecular complexity index is 405. The molecular formula is C12H19F3N4. The van der Waals surface area contributed by atoms with E-state index in [9.17, 15) is 13.2 Å². The largest absolute Gasteiger partial charge is 0.393 e. The summed E-state index contributed by atoms with van der Waals surface area (Å²) in [5.41, 5.74) is 0. The maximum absolute atomic E-state index is 12.5. The molecule has 1 aliphatic rings. The predicted octanol–water partition coefficient (Wildman–Crippen LogP) is 2.33. The van der Waals surface area contributed by atoms with Crippen molar-refractivity contribution in [2.75, 3.05) is 6.54 Å². The first-order chi connectivity index (χ1) is 8.88. The van der Waals surface area contributed by atoms with Crippen LogP contribution in [0.15, 0.2) is 6.33 Å². The Morgan fingerprint density at radius 2 is 2.16 bits per heavy atom. The molecule has 2 rings (SSSR count). The molecule has 0 saturated carbocycles. The SMILES string of the molecule is CC(C)n1ncnc1CC1CCC(C(F)(F)F)CN1. The molecule has 0 spiro atoms. The first-order valence-electron chi connectivity index (χ1n) is 6.56. The zero-order chi connectivity index (χ0) is 14.0. The quantitative estimate of drug-likeness (QED) is 0.921. The highest BCUT2D eigenvalue weighted by molar-refractivity contribution is 4.93. The summed E-state index contributed by atoms with van der Waals surface area (Å²) >= 11 is 0. The second-order valence-electron chi connectivity index (χ2n) is 5.34. The minimum Gasteiger partial charge on any atom is -0.313 e. The van der Waals surface area contributed by atoms with Crippen molar-refractivity contribution in [3.63, 3.8) is 0 Å². The summed E-state index contributed by atoms with van der Waals surface area (Å²) < 4.78 is 39.5. The molecule has 1 N–H and O–H groups in total. The Balaban J connectivity index is 1.91. The van der Waals surface area contributed by atoms with Crippen LogP contribution in [0.2, 0.25) is 0 Å². The van der Waals surface area contributed by atoms with E-state index in [-0.39, 0.29) is 25.0 Å². The zero-order valence-corrected chi connectivity index (χ0v) is 11.1. The van der Waals surface area contributed by atoms with Gasteiger partial charge in [0.1, 0.15) is 12.2 Å².